The predicted molar refractivity (Wildman–Crippen MR) is 119 cm³/mol. The molecule has 0 N–H and O–H groups in total. The second kappa shape index (κ2) is 7.12. The highest BCUT2D eigenvalue weighted by Gasteiger charge is 2.16. The Balaban J connectivity index is 1.90. The molecule has 0 aliphatic rings. The van der Waals surface area contributed by atoms with Crippen LogP contribution in [0.1, 0.15) is 5.56 Å². The molecule has 3 aromatic carbocycles. The molecule has 5 nitrogen and oxygen atoms in total. The van der Waals surface area contributed by atoms with E-state index in [1.807, 2.05) is 79.7 Å². The monoisotopic (exact) mass is 393 g/mol. The number of hydrogen-bond acceptors (Lipinski definition) is 4. The zero-order valence-corrected chi connectivity index (χ0v) is 16.7. The first-order valence-corrected chi connectivity index (χ1v) is 9.68. The molecule has 30 heavy (non-hydrogen) atoms. The molecular formula is C25H19N3O2. The lowest BCUT2D eigenvalue weighted by Gasteiger charge is -2.15. The highest BCUT2D eigenvalue weighted by Crippen LogP contribution is 2.27. The maximum absolute atomic E-state index is 13.7. The Bertz CT molecular complexity index is 1440. The first-order chi connectivity index (χ1) is 14.7. The van der Waals surface area contributed by atoms with Crippen LogP contribution < -0.4 is 10.3 Å². The fourth-order valence-corrected chi connectivity index (χ4v) is 3.67. The van der Waals surface area contributed by atoms with Crippen LogP contribution in [0.5, 0.6) is 5.75 Å². The molecule has 2 aromatic heterocycles. The van der Waals surface area contributed by atoms with E-state index < -0.39 is 0 Å². The van der Waals surface area contributed by atoms with Crippen molar-refractivity contribution in [3.05, 3.63) is 94.9 Å². The van der Waals surface area contributed by atoms with E-state index in [0.717, 1.165) is 33.5 Å². The third kappa shape index (κ3) is 2.92. The summed E-state index contributed by atoms with van der Waals surface area (Å²) in [4.78, 5) is 23.0. The first kappa shape index (κ1) is 18.1. The molecule has 0 saturated carbocycles. The molecule has 0 amide bonds. The molecular weight excluding hydrogens is 374 g/mol. The van der Waals surface area contributed by atoms with Gasteiger partial charge in [-0.25, -0.2) is 4.98 Å². The van der Waals surface area contributed by atoms with Crippen molar-refractivity contribution in [3.8, 4) is 22.8 Å². The van der Waals surface area contributed by atoms with Crippen molar-refractivity contribution < 1.29 is 4.74 Å². The fraction of sp³-hybridized carbons (Fsp3) is 0.0800. The fourth-order valence-electron chi connectivity index (χ4n) is 3.67. The van der Waals surface area contributed by atoms with Gasteiger partial charge < -0.3 is 4.74 Å². The van der Waals surface area contributed by atoms with Gasteiger partial charge >= 0.3 is 0 Å². The summed E-state index contributed by atoms with van der Waals surface area (Å²) in [7, 11) is 1.63. The molecule has 0 atom stereocenters. The average Bonchev–Trinajstić information content (AvgIpc) is 2.79. The van der Waals surface area contributed by atoms with E-state index in [1.165, 1.54) is 0 Å². The van der Waals surface area contributed by atoms with Gasteiger partial charge in [0.1, 0.15) is 11.6 Å². The smallest absolute Gasteiger partial charge is 0.266 e. The molecule has 0 bridgehead atoms. The van der Waals surface area contributed by atoms with E-state index in [-0.39, 0.29) is 5.56 Å². The van der Waals surface area contributed by atoms with Crippen molar-refractivity contribution in [2.45, 2.75) is 6.92 Å². The maximum Gasteiger partial charge on any atom is 0.266 e. The minimum atomic E-state index is -0.111. The average molecular weight is 393 g/mol. The standard InChI is InChI=1S/C25H19N3O2/c1-16-5-9-18(10-6-16)28-24(17-7-11-19(30-2)12-8-17)27-23-20-4-3-15-26-22(20)14-13-21(23)25(28)29/h3-15H,1-2H3. The summed E-state index contributed by atoms with van der Waals surface area (Å²) in [5.41, 5.74) is 4.09. The Morgan fingerprint density at radius 1 is 0.867 bits per heavy atom. The van der Waals surface area contributed by atoms with Crippen LogP contribution in [-0.2, 0) is 0 Å². The van der Waals surface area contributed by atoms with Gasteiger partial charge in [-0.05, 0) is 67.6 Å². The second-order valence-electron chi connectivity index (χ2n) is 7.17. The van der Waals surface area contributed by atoms with Gasteiger partial charge in [0.15, 0.2) is 0 Å². The molecule has 2 heterocycles. The number of ether oxygens (including phenoxy) is 1. The number of fused-ring (bicyclic) bond motifs is 3. The predicted octanol–water partition coefficient (Wildman–Crippen LogP) is 4.92. The molecule has 0 spiro atoms. The van der Waals surface area contributed by atoms with E-state index in [4.69, 9.17) is 9.72 Å². The Kier molecular flexibility index (Phi) is 4.29. The van der Waals surface area contributed by atoms with E-state index in [9.17, 15) is 4.79 Å². The Labute approximate surface area is 173 Å². The summed E-state index contributed by atoms with van der Waals surface area (Å²) >= 11 is 0. The minimum Gasteiger partial charge on any atom is -0.497 e. The lowest BCUT2D eigenvalue weighted by atomic mass is 10.1. The van der Waals surface area contributed by atoms with Crippen LogP contribution in [0, 0.1) is 6.92 Å². The number of pyridine rings is 1. The van der Waals surface area contributed by atoms with Crippen LogP contribution in [-0.4, -0.2) is 21.6 Å². The number of aromatic nitrogens is 3. The van der Waals surface area contributed by atoms with Gasteiger partial charge in [0.25, 0.3) is 5.56 Å². The molecule has 0 aliphatic heterocycles. The van der Waals surface area contributed by atoms with Crippen molar-refractivity contribution in [2.75, 3.05) is 7.11 Å². The molecule has 0 saturated heterocycles. The molecule has 0 radical (unpaired) electrons. The van der Waals surface area contributed by atoms with Gasteiger partial charge in [-0.15, -0.1) is 0 Å². The van der Waals surface area contributed by atoms with Gasteiger partial charge in [0, 0.05) is 17.1 Å². The number of methoxy groups -OCH3 is 1. The van der Waals surface area contributed by atoms with Crippen molar-refractivity contribution in [1.82, 2.24) is 14.5 Å². The molecule has 5 aromatic rings. The lowest BCUT2D eigenvalue weighted by molar-refractivity contribution is 0.415. The zero-order valence-electron chi connectivity index (χ0n) is 16.7. The van der Waals surface area contributed by atoms with Crippen LogP contribution >= 0.6 is 0 Å². The lowest BCUT2D eigenvalue weighted by Crippen LogP contribution is -2.22. The summed E-state index contributed by atoms with van der Waals surface area (Å²) in [6.45, 7) is 2.02. The van der Waals surface area contributed by atoms with E-state index in [0.29, 0.717) is 16.7 Å². The largest absolute Gasteiger partial charge is 0.497 e. The van der Waals surface area contributed by atoms with E-state index in [2.05, 4.69) is 4.98 Å². The van der Waals surface area contributed by atoms with Crippen molar-refractivity contribution in [2.24, 2.45) is 0 Å². The molecule has 0 fully saturated rings. The third-order valence-corrected chi connectivity index (χ3v) is 5.26. The number of nitrogens with zero attached hydrogens (tertiary/aromatic N) is 3. The topological polar surface area (TPSA) is 57.0 Å². The third-order valence-electron chi connectivity index (χ3n) is 5.26. The summed E-state index contributed by atoms with van der Waals surface area (Å²) in [5.74, 6) is 1.33. The number of benzene rings is 3. The normalized spacial score (nSPS) is 11.1. The molecule has 5 rings (SSSR count). The Morgan fingerprint density at radius 3 is 2.37 bits per heavy atom. The number of rotatable bonds is 3. The van der Waals surface area contributed by atoms with Gasteiger partial charge in [0.2, 0.25) is 0 Å². The van der Waals surface area contributed by atoms with Crippen LogP contribution in [0.4, 0.5) is 0 Å². The highest BCUT2D eigenvalue weighted by molar-refractivity contribution is 6.03. The summed E-state index contributed by atoms with van der Waals surface area (Å²) in [6.07, 6.45) is 1.74. The second-order valence-corrected chi connectivity index (χ2v) is 7.17. The Morgan fingerprint density at radius 2 is 1.63 bits per heavy atom. The van der Waals surface area contributed by atoms with Crippen LogP contribution in [0.25, 0.3) is 38.9 Å². The summed E-state index contributed by atoms with van der Waals surface area (Å²) < 4.78 is 6.96. The summed E-state index contributed by atoms with van der Waals surface area (Å²) in [5, 5.41) is 1.42. The van der Waals surface area contributed by atoms with Gasteiger partial charge in [0.05, 0.1) is 29.2 Å². The molecule has 5 heteroatoms. The number of aryl methyl sites for hydroxylation is 1. The van der Waals surface area contributed by atoms with Crippen LogP contribution in [0.15, 0.2) is 83.8 Å². The Hall–Kier alpha value is -3.99. The highest BCUT2D eigenvalue weighted by atomic mass is 16.5. The number of hydrogen-bond donors (Lipinski definition) is 0. The van der Waals surface area contributed by atoms with Gasteiger partial charge in [-0.2, -0.15) is 0 Å². The van der Waals surface area contributed by atoms with Crippen molar-refractivity contribution >= 4 is 21.8 Å². The first-order valence-electron chi connectivity index (χ1n) is 9.68. The zero-order chi connectivity index (χ0) is 20.7. The van der Waals surface area contributed by atoms with E-state index >= 15 is 0 Å². The maximum atomic E-state index is 13.7. The van der Waals surface area contributed by atoms with Crippen molar-refractivity contribution in [3.63, 3.8) is 0 Å². The quantitative estimate of drug-likeness (QED) is 0.408. The molecule has 0 unspecified atom stereocenters. The minimum absolute atomic E-state index is 0.111. The van der Waals surface area contributed by atoms with Crippen LogP contribution in [0.2, 0.25) is 0 Å². The van der Waals surface area contributed by atoms with Crippen molar-refractivity contribution in [1.29, 1.82) is 0 Å². The van der Waals surface area contributed by atoms with Crippen LogP contribution in [0.3, 0.4) is 0 Å². The van der Waals surface area contributed by atoms with Gasteiger partial charge in [-0.1, -0.05) is 17.7 Å². The molecule has 0 aliphatic carbocycles. The van der Waals surface area contributed by atoms with Gasteiger partial charge in [-0.3, -0.25) is 14.3 Å². The summed E-state index contributed by atoms with van der Waals surface area (Å²) in [6, 6.07) is 22.9. The SMILES string of the molecule is COc1ccc(-c2nc3c(ccc4ncccc43)c(=O)n2-c2ccc(C)cc2)cc1. The van der Waals surface area contributed by atoms with E-state index in [1.54, 1.807) is 17.9 Å². The molecule has 146 valence electrons.